The summed E-state index contributed by atoms with van der Waals surface area (Å²) in [5.41, 5.74) is 9.45. The third-order valence-electron chi connectivity index (χ3n) is 6.81. The Morgan fingerprint density at radius 3 is 1.83 bits per heavy atom. The van der Waals surface area contributed by atoms with E-state index in [-0.39, 0.29) is 14.6 Å². The molecule has 0 spiro atoms. The highest BCUT2D eigenvalue weighted by atomic mass is 31.1. The minimum atomic E-state index is -0.146. The molecule has 0 atom stereocenters. The highest BCUT2D eigenvalue weighted by Gasteiger charge is 2.28. The molecule has 5 aromatic carbocycles. The number of fused-ring (bicyclic) bond motifs is 1. The molecule has 0 radical (unpaired) electrons. The van der Waals surface area contributed by atoms with Gasteiger partial charge in [-0.05, 0) is 60.0 Å². The van der Waals surface area contributed by atoms with Crippen LogP contribution in [0.25, 0.3) is 21.8 Å². The highest BCUT2D eigenvalue weighted by molar-refractivity contribution is 7.56. The van der Waals surface area contributed by atoms with Gasteiger partial charge < -0.3 is 0 Å². The van der Waals surface area contributed by atoms with E-state index in [2.05, 4.69) is 148 Å². The second-order valence-electron chi connectivity index (χ2n) is 9.81. The van der Waals surface area contributed by atoms with E-state index in [0.29, 0.717) is 0 Å². The van der Waals surface area contributed by atoms with Gasteiger partial charge in [-0.15, -0.1) is 7.92 Å². The summed E-state index contributed by atoms with van der Waals surface area (Å²) in [6.07, 6.45) is 1.08. The van der Waals surface area contributed by atoms with Crippen molar-refractivity contribution < 1.29 is 0 Å². The lowest BCUT2D eigenvalue weighted by Crippen LogP contribution is -2.44. The van der Waals surface area contributed by atoms with Crippen molar-refractivity contribution in [1.29, 1.82) is 0 Å². The van der Waals surface area contributed by atoms with Crippen LogP contribution in [0.5, 0.6) is 0 Å². The Balaban J connectivity index is 1.87. The van der Waals surface area contributed by atoms with Crippen LogP contribution in [0.15, 0.2) is 127 Å². The molecule has 0 N–H and O–H groups in total. The van der Waals surface area contributed by atoms with Crippen LogP contribution in [-0.4, -0.2) is 26.2 Å². The maximum Gasteiger partial charge on any atom is 0.242 e. The van der Waals surface area contributed by atoms with Crippen molar-refractivity contribution in [2.24, 2.45) is 0 Å². The Kier molecular flexibility index (Phi) is 7.50. The van der Waals surface area contributed by atoms with Gasteiger partial charge in [-0.3, -0.25) is 0 Å². The topological polar surface area (TPSA) is 0 Å². The van der Waals surface area contributed by atoms with E-state index < -0.39 is 0 Å². The van der Waals surface area contributed by atoms with Gasteiger partial charge in [0.25, 0.3) is 0 Å². The third kappa shape index (κ3) is 5.38. The third-order valence-corrected chi connectivity index (χ3v) is 7.76. The van der Waals surface area contributed by atoms with Gasteiger partial charge >= 0.3 is 0 Å². The van der Waals surface area contributed by atoms with Crippen molar-refractivity contribution in [3.05, 3.63) is 144 Å². The molecule has 0 aromatic heterocycles. The number of hydrogen-bond donors (Lipinski definition) is 0. The molecule has 0 aliphatic rings. The zero-order valence-corrected chi connectivity index (χ0v) is 22.3. The first kappa shape index (κ1) is 24.3. The van der Waals surface area contributed by atoms with Gasteiger partial charge in [0.2, 0.25) is 6.71 Å². The van der Waals surface area contributed by atoms with Gasteiger partial charge in [0.05, 0.1) is 0 Å². The normalized spacial score (nSPS) is 12.0. The van der Waals surface area contributed by atoms with E-state index in [9.17, 15) is 0 Å². The lowest BCUT2D eigenvalue weighted by atomic mass is 9.34. The molecule has 5 rings (SSSR count). The standard InChI is InChI=1S/C34H32BP/c1-26-18-22-32(23-19-26)35(31-16-8-5-9-17-31)34(30-21-20-27-12-10-11-15-29(27)24-30)33(25-36(2)3)28-13-6-4-7-14-28/h4-24H,25H2,1-3H3/b34-33+. The molecule has 0 bridgehead atoms. The summed E-state index contributed by atoms with van der Waals surface area (Å²) < 4.78 is 0. The maximum atomic E-state index is 2.39. The Morgan fingerprint density at radius 1 is 0.583 bits per heavy atom. The quantitative estimate of drug-likeness (QED) is 0.127. The summed E-state index contributed by atoms with van der Waals surface area (Å²) in [7, 11) is -0.146. The van der Waals surface area contributed by atoms with E-state index in [1.165, 1.54) is 49.4 Å². The molecule has 0 unspecified atom stereocenters. The summed E-state index contributed by atoms with van der Waals surface area (Å²) >= 11 is 0. The monoisotopic (exact) mass is 482 g/mol. The number of aryl methyl sites for hydroxylation is 1. The average Bonchev–Trinajstić information content (AvgIpc) is 2.92. The van der Waals surface area contributed by atoms with E-state index in [1.54, 1.807) is 0 Å². The van der Waals surface area contributed by atoms with Crippen LogP contribution in [0.2, 0.25) is 0 Å². The largest absolute Gasteiger partial charge is 0.242 e. The van der Waals surface area contributed by atoms with E-state index in [4.69, 9.17) is 0 Å². The maximum absolute atomic E-state index is 2.39. The smallest absolute Gasteiger partial charge is 0.109 e. The molecular weight excluding hydrogens is 450 g/mol. The molecule has 176 valence electrons. The molecular formula is C34H32BP. The molecule has 0 aliphatic heterocycles. The molecule has 0 saturated heterocycles. The van der Waals surface area contributed by atoms with Crippen LogP contribution in [0.1, 0.15) is 16.7 Å². The van der Waals surface area contributed by atoms with Crippen LogP contribution < -0.4 is 10.9 Å². The highest BCUT2D eigenvalue weighted by Crippen LogP contribution is 2.38. The van der Waals surface area contributed by atoms with Crippen molar-refractivity contribution in [1.82, 2.24) is 0 Å². The van der Waals surface area contributed by atoms with Crippen molar-refractivity contribution in [3.8, 4) is 0 Å². The van der Waals surface area contributed by atoms with Crippen LogP contribution in [0, 0.1) is 6.92 Å². The van der Waals surface area contributed by atoms with Gasteiger partial charge in [-0.1, -0.05) is 143 Å². The minimum Gasteiger partial charge on any atom is -0.109 e. The lowest BCUT2D eigenvalue weighted by molar-refractivity contribution is 1.49. The first-order chi connectivity index (χ1) is 17.6. The summed E-state index contributed by atoms with van der Waals surface area (Å²) in [6, 6.07) is 46.9. The molecule has 0 saturated carbocycles. The SMILES string of the molecule is Cc1ccc(B(/C(=C(\CP(C)C)c2ccccc2)c2ccc3ccccc3c2)c2ccccc2)cc1. The predicted molar refractivity (Wildman–Crippen MR) is 163 cm³/mol. The van der Waals surface area contributed by atoms with Crippen LogP contribution in [-0.2, 0) is 0 Å². The second-order valence-corrected chi connectivity index (χ2v) is 12.3. The molecule has 2 heteroatoms. The summed E-state index contributed by atoms with van der Waals surface area (Å²) in [5.74, 6) is 0. The molecule has 0 aliphatic carbocycles. The zero-order chi connectivity index (χ0) is 24.9. The Bertz CT molecular complexity index is 1470. The molecule has 0 amide bonds. The molecule has 5 aromatic rings. The number of rotatable bonds is 7. The van der Waals surface area contributed by atoms with Crippen molar-refractivity contribution in [3.63, 3.8) is 0 Å². The number of benzene rings is 5. The minimum absolute atomic E-state index is 0.137. The first-order valence-corrected chi connectivity index (χ1v) is 15.1. The van der Waals surface area contributed by atoms with Crippen LogP contribution >= 0.6 is 7.92 Å². The fourth-order valence-corrected chi connectivity index (χ4v) is 6.08. The molecule has 36 heavy (non-hydrogen) atoms. The summed E-state index contributed by atoms with van der Waals surface area (Å²) in [4.78, 5) is 0. The Morgan fingerprint density at radius 2 is 1.17 bits per heavy atom. The lowest BCUT2D eigenvalue weighted by Gasteiger charge is -2.25. The van der Waals surface area contributed by atoms with Crippen molar-refractivity contribution >= 4 is 47.4 Å². The predicted octanol–water partition coefficient (Wildman–Crippen LogP) is 7.65. The molecule has 0 nitrogen and oxygen atoms in total. The molecule has 0 fully saturated rings. The Hall–Kier alpha value is -3.41. The fraction of sp³-hybridized carbons (Fsp3) is 0.118. The second kappa shape index (κ2) is 11.1. The van der Waals surface area contributed by atoms with Gasteiger partial charge in [0.15, 0.2) is 0 Å². The van der Waals surface area contributed by atoms with Crippen LogP contribution in [0.3, 0.4) is 0 Å². The Labute approximate surface area is 217 Å². The summed E-state index contributed by atoms with van der Waals surface area (Å²) in [5, 5.41) is 2.56. The summed E-state index contributed by atoms with van der Waals surface area (Å²) in [6.45, 7) is 7.08. The van der Waals surface area contributed by atoms with Gasteiger partial charge in [0, 0.05) is 0 Å². The zero-order valence-electron chi connectivity index (χ0n) is 21.4. The van der Waals surface area contributed by atoms with E-state index >= 15 is 0 Å². The average molecular weight is 482 g/mol. The van der Waals surface area contributed by atoms with Gasteiger partial charge in [0.1, 0.15) is 0 Å². The van der Waals surface area contributed by atoms with E-state index in [0.717, 1.165) is 6.16 Å². The molecule has 0 heterocycles. The fourth-order valence-electron chi connectivity index (χ4n) is 5.09. The van der Waals surface area contributed by atoms with E-state index in [1.807, 2.05) is 0 Å². The van der Waals surface area contributed by atoms with Crippen LogP contribution in [0.4, 0.5) is 0 Å². The number of hydrogen-bond acceptors (Lipinski definition) is 0. The van der Waals surface area contributed by atoms with Crippen molar-refractivity contribution in [2.75, 3.05) is 19.5 Å². The number of allylic oxidation sites excluding steroid dienone is 1. The van der Waals surface area contributed by atoms with Gasteiger partial charge in [-0.2, -0.15) is 0 Å². The first-order valence-electron chi connectivity index (χ1n) is 12.6. The van der Waals surface area contributed by atoms with Gasteiger partial charge in [-0.25, -0.2) is 0 Å². The van der Waals surface area contributed by atoms with Crippen molar-refractivity contribution in [2.45, 2.75) is 6.92 Å².